The van der Waals surface area contributed by atoms with Gasteiger partial charge in [0.15, 0.2) is 5.65 Å². The number of alkyl halides is 3. The summed E-state index contributed by atoms with van der Waals surface area (Å²) >= 11 is 0. The molecule has 186 valence electrons. The Bertz CT molecular complexity index is 1190. The largest absolute Gasteiger partial charge is 0.453 e. The number of hydrogen-bond donors (Lipinski definition) is 1. The maximum atomic E-state index is 13.2. The van der Waals surface area contributed by atoms with E-state index in [9.17, 15) is 18.0 Å². The Morgan fingerprint density at radius 3 is 2.57 bits per heavy atom. The summed E-state index contributed by atoms with van der Waals surface area (Å²) in [5.41, 5.74) is 1.93. The molecule has 1 amide bonds. The Kier molecular flexibility index (Phi) is 6.56. The van der Waals surface area contributed by atoms with Gasteiger partial charge >= 0.3 is 6.18 Å². The highest BCUT2D eigenvalue weighted by molar-refractivity contribution is 5.92. The molecule has 4 heterocycles. The lowest BCUT2D eigenvalue weighted by atomic mass is 9.95. The molecule has 0 bridgehead atoms. The molecular formula is C23H26F3N7O2. The molecule has 0 spiro atoms. The predicted molar refractivity (Wildman–Crippen MR) is 122 cm³/mol. The molecule has 12 heteroatoms. The number of carbonyl (C=O) groups is 1. The van der Waals surface area contributed by atoms with Gasteiger partial charge in [0.1, 0.15) is 5.82 Å². The first-order valence-corrected chi connectivity index (χ1v) is 11.6. The highest BCUT2D eigenvalue weighted by Gasteiger charge is 2.38. The second-order valence-electron chi connectivity index (χ2n) is 8.82. The van der Waals surface area contributed by atoms with Crippen molar-refractivity contribution in [3.8, 4) is 0 Å². The Hall–Kier alpha value is -3.25. The molecule has 0 aliphatic carbocycles. The molecule has 1 N–H and O–H groups in total. The van der Waals surface area contributed by atoms with Crippen LogP contribution in [0, 0.1) is 5.92 Å². The number of morpholine rings is 1. The van der Waals surface area contributed by atoms with Crippen LogP contribution < -0.4 is 10.2 Å². The Labute approximate surface area is 199 Å². The van der Waals surface area contributed by atoms with E-state index >= 15 is 0 Å². The molecule has 2 aliphatic rings. The summed E-state index contributed by atoms with van der Waals surface area (Å²) in [5, 5.41) is 13.9. The van der Waals surface area contributed by atoms with Crippen molar-refractivity contribution < 1.29 is 22.7 Å². The normalized spacial score (nSPS) is 18.2. The van der Waals surface area contributed by atoms with Gasteiger partial charge in [-0.25, -0.2) is 0 Å². The second-order valence-corrected chi connectivity index (χ2v) is 8.82. The maximum absolute atomic E-state index is 13.2. The lowest BCUT2D eigenvalue weighted by molar-refractivity contribution is -0.146. The van der Waals surface area contributed by atoms with Gasteiger partial charge in [0.05, 0.1) is 13.2 Å². The van der Waals surface area contributed by atoms with E-state index in [4.69, 9.17) is 4.74 Å². The number of ether oxygens (including phenoxy) is 1. The number of nitrogens with one attached hydrogen (secondary N) is 1. The van der Waals surface area contributed by atoms with Crippen molar-refractivity contribution in [2.75, 3.05) is 49.6 Å². The number of nitrogens with zero attached hydrogens (tertiary/aromatic N) is 6. The van der Waals surface area contributed by atoms with E-state index in [-0.39, 0.29) is 17.5 Å². The van der Waals surface area contributed by atoms with E-state index in [0.29, 0.717) is 31.7 Å². The number of aromatic nitrogens is 4. The van der Waals surface area contributed by atoms with E-state index in [1.54, 1.807) is 6.07 Å². The highest BCUT2D eigenvalue weighted by atomic mass is 19.4. The zero-order valence-electron chi connectivity index (χ0n) is 19.0. The van der Waals surface area contributed by atoms with Gasteiger partial charge in [0.25, 0.3) is 5.82 Å². The van der Waals surface area contributed by atoms with Crippen LogP contribution in [0.4, 0.5) is 24.7 Å². The fourth-order valence-electron chi connectivity index (χ4n) is 4.50. The fraction of sp³-hybridized carbons (Fsp3) is 0.478. The third kappa shape index (κ3) is 5.38. The molecule has 2 aromatic heterocycles. The maximum Gasteiger partial charge on any atom is 0.453 e. The van der Waals surface area contributed by atoms with Gasteiger partial charge in [-0.3, -0.25) is 9.69 Å². The van der Waals surface area contributed by atoms with Crippen molar-refractivity contribution in [1.29, 1.82) is 0 Å². The SMILES string of the molecule is O=C(Nc1cccc(CN2CCOCC2)c1)C1CCN(c2ccc3nnc(C(F)(F)F)n3n2)CC1. The summed E-state index contributed by atoms with van der Waals surface area (Å²) < 4.78 is 45.6. The number of anilines is 2. The van der Waals surface area contributed by atoms with Crippen molar-refractivity contribution in [3.05, 3.63) is 47.8 Å². The fourth-order valence-corrected chi connectivity index (χ4v) is 4.50. The standard InChI is InChI=1S/C23H26F3N7O2/c24-23(25,26)22-29-28-19-4-5-20(30-33(19)22)32-8-6-17(7-9-32)21(34)27-18-3-1-2-16(14-18)15-31-10-12-35-13-11-31/h1-5,14,17H,6-13,15H2,(H,27,34). The summed E-state index contributed by atoms with van der Waals surface area (Å²) in [6.07, 6.45) is -3.49. The first-order valence-electron chi connectivity index (χ1n) is 11.6. The first-order chi connectivity index (χ1) is 16.9. The second kappa shape index (κ2) is 9.78. The van der Waals surface area contributed by atoms with Crippen LogP contribution in [0.3, 0.4) is 0 Å². The van der Waals surface area contributed by atoms with E-state index in [0.717, 1.165) is 48.6 Å². The lowest BCUT2D eigenvalue weighted by Crippen LogP contribution is -2.38. The van der Waals surface area contributed by atoms with Crippen LogP contribution in [0.5, 0.6) is 0 Å². The molecule has 9 nitrogen and oxygen atoms in total. The van der Waals surface area contributed by atoms with Crippen molar-refractivity contribution in [2.24, 2.45) is 5.92 Å². The number of fused-ring (bicyclic) bond motifs is 1. The highest BCUT2D eigenvalue weighted by Crippen LogP contribution is 2.29. The topological polar surface area (TPSA) is 87.9 Å². The molecule has 2 saturated heterocycles. The summed E-state index contributed by atoms with van der Waals surface area (Å²) in [5.74, 6) is -0.981. The zero-order valence-corrected chi connectivity index (χ0v) is 19.0. The summed E-state index contributed by atoms with van der Waals surface area (Å²) in [7, 11) is 0. The van der Waals surface area contributed by atoms with Crippen LogP contribution in [0.1, 0.15) is 24.2 Å². The minimum atomic E-state index is -4.64. The third-order valence-electron chi connectivity index (χ3n) is 6.40. The third-order valence-corrected chi connectivity index (χ3v) is 6.40. The van der Waals surface area contributed by atoms with E-state index in [2.05, 4.69) is 25.5 Å². The van der Waals surface area contributed by atoms with Crippen molar-refractivity contribution in [3.63, 3.8) is 0 Å². The van der Waals surface area contributed by atoms with E-state index in [1.165, 1.54) is 6.07 Å². The summed E-state index contributed by atoms with van der Waals surface area (Å²) in [6, 6.07) is 11.0. The number of rotatable bonds is 5. The Morgan fingerprint density at radius 1 is 1.06 bits per heavy atom. The van der Waals surface area contributed by atoms with Crippen LogP contribution in [-0.4, -0.2) is 70.0 Å². The number of piperidine rings is 1. The van der Waals surface area contributed by atoms with Crippen molar-refractivity contribution in [2.45, 2.75) is 25.6 Å². The van der Waals surface area contributed by atoms with Gasteiger partial charge in [-0.05, 0) is 42.7 Å². The zero-order chi connectivity index (χ0) is 24.4. The van der Waals surface area contributed by atoms with Crippen LogP contribution in [0.2, 0.25) is 0 Å². The molecule has 0 saturated carbocycles. The lowest BCUT2D eigenvalue weighted by Gasteiger charge is -2.32. The minimum absolute atomic E-state index is 0.0335. The molecule has 5 rings (SSSR count). The van der Waals surface area contributed by atoms with E-state index < -0.39 is 12.0 Å². The molecule has 2 aliphatic heterocycles. The first kappa shape index (κ1) is 23.5. The summed E-state index contributed by atoms with van der Waals surface area (Å²) in [4.78, 5) is 17.1. The molecule has 2 fully saturated rings. The summed E-state index contributed by atoms with van der Waals surface area (Å²) in [6.45, 7) is 5.10. The number of amides is 1. The Balaban J connectivity index is 1.18. The average Bonchev–Trinajstić information content (AvgIpc) is 3.29. The minimum Gasteiger partial charge on any atom is -0.379 e. The number of hydrogen-bond acceptors (Lipinski definition) is 7. The predicted octanol–water partition coefficient (Wildman–Crippen LogP) is 2.83. The van der Waals surface area contributed by atoms with Crippen LogP contribution in [0.25, 0.3) is 5.65 Å². The van der Waals surface area contributed by atoms with Gasteiger partial charge in [-0.1, -0.05) is 12.1 Å². The average molecular weight is 490 g/mol. The quantitative estimate of drug-likeness (QED) is 0.590. The number of benzene rings is 1. The number of carbonyl (C=O) groups excluding carboxylic acids is 1. The van der Waals surface area contributed by atoms with Gasteiger partial charge in [0, 0.05) is 44.3 Å². The van der Waals surface area contributed by atoms with Crippen molar-refractivity contribution >= 4 is 23.1 Å². The Morgan fingerprint density at radius 2 is 1.83 bits per heavy atom. The van der Waals surface area contributed by atoms with Gasteiger partial charge in [0.2, 0.25) is 5.91 Å². The van der Waals surface area contributed by atoms with Gasteiger partial charge in [-0.15, -0.1) is 15.3 Å². The van der Waals surface area contributed by atoms with Crippen LogP contribution in [0.15, 0.2) is 36.4 Å². The molecule has 1 aromatic carbocycles. The molecule has 35 heavy (non-hydrogen) atoms. The molecular weight excluding hydrogens is 463 g/mol. The monoisotopic (exact) mass is 489 g/mol. The van der Waals surface area contributed by atoms with Gasteiger partial charge < -0.3 is 15.0 Å². The molecule has 0 unspecified atom stereocenters. The number of halogens is 3. The van der Waals surface area contributed by atoms with Crippen LogP contribution >= 0.6 is 0 Å². The smallest absolute Gasteiger partial charge is 0.379 e. The van der Waals surface area contributed by atoms with Crippen LogP contribution in [-0.2, 0) is 22.3 Å². The van der Waals surface area contributed by atoms with E-state index in [1.807, 2.05) is 29.2 Å². The van der Waals surface area contributed by atoms with Crippen molar-refractivity contribution in [1.82, 2.24) is 24.7 Å². The van der Waals surface area contributed by atoms with Gasteiger partial charge in [-0.2, -0.15) is 17.7 Å². The molecule has 0 radical (unpaired) electrons. The molecule has 0 atom stereocenters. The molecule has 3 aromatic rings.